The molecule has 67 heavy (non-hydrogen) atoms. The van der Waals surface area contributed by atoms with E-state index in [9.17, 15) is 28.4 Å². The van der Waals surface area contributed by atoms with Gasteiger partial charge in [0.05, 0.1) is 19.8 Å². The van der Waals surface area contributed by atoms with Gasteiger partial charge in [-0.25, -0.2) is 0 Å². The summed E-state index contributed by atoms with van der Waals surface area (Å²) in [6.07, 6.45) is 27.7. The molecule has 0 amide bonds. The molecule has 12 nitrogen and oxygen atoms in total. The Hall–Kier alpha value is -1.96. The molecule has 0 fully saturated rings. The number of benzene rings is 3. The first kappa shape index (κ1) is 65.0. The van der Waals surface area contributed by atoms with E-state index in [1.54, 1.807) is 72.8 Å². The average molecular weight is 1010 g/mol. The van der Waals surface area contributed by atoms with Crippen LogP contribution in [0.5, 0.6) is 17.2 Å². The second-order valence-corrected chi connectivity index (χ2v) is 21.0. The predicted octanol–water partition coefficient (Wildman–Crippen LogP) is 14.6. The minimum Gasteiger partial charge on any atom is -0.746 e. The van der Waals surface area contributed by atoms with Crippen LogP contribution in [0.15, 0.2) is 72.8 Å². The zero-order valence-corrected chi connectivity index (χ0v) is 45.7. The van der Waals surface area contributed by atoms with Gasteiger partial charge in [0, 0.05) is 0 Å². The molecule has 0 bridgehead atoms. The van der Waals surface area contributed by atoms with Crippen LogP contribution in [0.1, 0.15) is 192 Å². The Kier molecular flexibility index (Phi) is 39.5. The van der Waals surface area contributed by atoms with Gasteiger partial charge in [-0.15, -0.1) is 0 Å². The van der Waals surface area contributed by atoms with Crippen LogP contribution in [-0.4, -0.2) is 37.2 Å². The molecule has 3 unspecified atom stereocenters. The molecule has 0 spiro atoms. The van der Waals surface area contributed by atoms with E-state index >= 15 is 0 Å². The van der Waals surface area contributed by atoms with Crippen LogP contribution < -0.4 is 28.3 Å². The van der Waals surface area contributed by atoms with E-state index in [4.69, 9.17) is 27.1 Å². The topological polar surface area (TPSA) is 176 Å². The van der Waals surface area contributed by atoms with Crippen LogP contribution in [0.4, 0.5) is 0 Å². The van der Waals surface area contributed by atoms with Gasteiger partial charge in [0.15, 0.2) is 0 Å². The summed E-state index contributed by atoms with van der Waals surface area (Å²) in [4.78, 5) is 35.0. The van der Waals surface area contributed by atoms with Gasteiger partial charge >= 0.3 is 40.8 Å². The third-order valence-electron chi connectivity index (χ3n) is 10.5. The molecule has 3 rings (SSSR count). The molecule has 0 aliphatic rings. The van der Waals surface area contributed by atoms with E-state index in [0.717, 1.165) is 74.5 Å². The Bertz CT molecular complexity index is 1540. The summed E-state index contributed by atoms with van der Waals surface area (Å²) in [5.74, 6) is 0.875. The van der Waals surface area contributed by atoms with Crippen LogP contribution in [0, 0.1) is 20.8 Å². The van der Waals surface area contributed by atoms with Crippen molar-refractivity contribution in [3.8, 4) is 17.2 Å². The van der Waals surface area contributed by atoms with Gasteiger partial charge < -0.3 is 41.8 Å². The van der Waals surface area contributed by atoms with Crippen molar-refractivity contribution in [1.29, 1.82) is 0 Å². The second-order valence-electron chi connectivity index (χ2n) is 17.0. The number of unbranched alkanes of at least 4 members (excludes halogenated alkanes) is 21. The van der Waals surface area contributed by atoms with Crippen LogP contribution in [0.2, 0.25) is 0 Å². The van der Waals surface area contributed by atoms with E-state index in [0.29, 0.717) is 17.2 Å². The Morgan fingerprint density at radius 1 is 0.328 bits per heavy atom. The molecular formula is C51H84AlO12P3. The van der Waals surface area contributed by atoms with E-state index in [2.05, 4.69) is 20.8 Å². The fourth-order valence-corrected chi connectivity index (χ4v) is 8.86. The minimum absolute atomic E-state index is 0. The van der Waals surface area contributed by atoms with E-state index in [1.807, 2.05) is 20.8 Å². The van der Waals surface area contributed by atoms with Gasteiger partial charge in [0.25, 0.3) is 0 Å². The van der Waals surface area contributed by atoms with Gasteiger partial charge in [-0.1, -0.05) is 209 Å². The average Bonchev–Trinajstić information content (AvgIpc) is 3.27. The van der Waals surface area contributed by atoms with Crippen molar-refractivity contribution in [2.75, 3.05) is 19.8 Å². The van der Waals surface area contributed by atoms with Gasteiger partial charge in [0.1, 0.15) is 17.2 Å². The van der Waals surface area contributed by atoms with Crippen molar-refractivity contribution in [3.63, 3.8) is 0 Å². The van der Waals surface area contributed by atoms with Crippen LogP contribution >= 0.6 is 23.5 Å². The maximum atomic E-state index is 11.7. The first-order valence-electron chi connectivity index (χ1n) is 24.8. The van der Waals surface area contributed by atoms with E-state index < -0.39 is 23.5 Å². The summed E-state index contributed by atoms with van der Waals surface area (Å²) in [7, 11) is -12.7. The van der Waals surface area contributed by atoms with Crippen molar-refractivity contribution >= 4 is 40.8 Å². The Morgan fingerprint density at radius 3 is 0.701 bits per heavy atom. The maximum absolute atomic E-state index is 11.7. The minimum atomic E-state index is -4.25. The molecule has 0 heterocycles. The van der Waals surface area contributed by atoms with Gasteiger partial charge in [-0.05, 0) is 76.4 Å². The fraction of sp³-hybridized carbons (Fsp3) is 0.647. The van der Waals surface area contributed by atoms with E-state index in [1.165, 1.54) is 96.3 Å². The normalized spacial score (nSPS) is 13.6. The molecular weight excluding hydrogens is 924 g/mol. The maximum Gasteiger partial charge on any atom is 3.00 e. The Balaban J connectivity index is 0.000000968. The number of aryl methyl sites for hydroxylation is 3. The molecule has 3 aromatic carbocycles. The summed E-state index contributed by atoms with van der Waals surface area (Å²) in [5, 5.41) is 0. The molecule has 0 N–H and O–H groups in total. The molecule has 3 aromatic rings. The second kappa shape index (κ2) is 40.7. The van der Waals surface area contributed by atoms with Crippen LogP contribution in [-0.2, 0) is 27.3 Å². The fourth-order valence-electron chi connectivity index (χ4n) is 6.50. The number of phosphoric ester groups is 3. The van der Waals surface area contributed by atoms with Gasteiger partial charge in [-0.2, -0.15) is 0 Å². The van der Waals surface area contributed by atoms with Gasteiger partial charge in [-0.3, -0.25) is 13.7 Å². The molecule has 378 valence electrons. The number of rotatable bonds is 36. The summed E-state index contributed by atoms with van der Waals surface area (Å²) in [5.41, 5.74) is 3.15. The van der Waals surface area contributed by atoms with Crippen molar-refractivity contribution in [3.05, 3.63) is 89.5 Å². The molecule has 0 saturated heterocycles. The summed E-state index contributed by atoms with van der Waals surface area (Å²) in [6.45, 7) is 13.0. The van der Waals surface area contributed by atoms with Gasteiger partial charge in [0.2, 0.25) is 0 Å². The number of phosphoric acid groups is 3. The summed E-state index contributed by atoms with van der Waals surface area (Å²) in [6, 6.07) is 20.5. The third kappa shape index (κ3) is 39.5. The van der Waals surface area contributed by atoms with Crippen molar-refractivity contribution in [2.24, 2.45) is 0 Å². The van der Waals surface area contributed by atoms with E-state index in [-0.39, 0.29) is 37.2 Å². The molecule has 16 heteroatoms. The Labute approximate surface area is 416 Å². The third-order valence-corrected chi connectivity index (χ3v) is 13.3. The first-order chi connectivity index (χ1) is 31.6. The van der Waals surface area contributed by atoms with Crippen LogP contribution in [0.3, 0.4) is 0 Å². The summed E-state index contributed by atoms with van der Waals surface area (Å²) < 4.78 is 64.4. The monoisotopic (exact) mass is 1010 g/mol. The molecule has 0 saturated carbocycles. The standard InChI is InChI=1S/3C17H29O4P.Al/c3*1-3-4-5-6-7-8-9-10-15-20-22(18,19)21-17-13-11-16(2)12-14-17;/h3*11-14H,3-10,15H2,1-2H3,(H,18,19);/q;;;+3/p-3. The summed E-state index contributed by atoms with van der Waals surface area (Å²) >= 11 is 0. The zero-order chi connectivity index (χ0) is 48.8. The SMILES string of the molecule is CCCCCCCCCCOP(=O)([O-])Oc1ccc(C)cc1.CCCCCCCCCCOP(=O)([O-])Oc1ccc(C)cc1.CCCCCCCCCCOP(=O)([O-])Oc1ccc(C)cc1.[Al+3]. The predicted molar refractivity (Wildman–Crippen MR) is 270 cm³/mol. The van der Waals surface area contributed by atoms with Crippen LogP contribution in [0.25, 0.3) is 0 Å². The molecule has 3 atom stereocenters. The quantitative estimate of drug-likeness (QED) is 0.0306. The zero-order valence-electron chi connectivity index (χ0n) is 41.8. The smallest absolute Gasteiger partial charge is 0.746 e. The van der Waals surface area contributed by atoms with Crippen molar-refractivity contribution < 1.29 is 55.5 Å². The molecule has 0 radical (unpaired) electrons. The molecule has 0 aliphatic heterocycles. The largest absolute Gasteiger partial charge is 3.00 e. The Morgan fingerprint density at radius 2 is 0.507 bits per heavy atom. The van der Waals surface area contributed by atoms with Crippen molar-refractivity contribution in [1.82, 2.24) is 0 Å². The number of hydrogen-bond donors (Lipinski definition) is 0. The molecule has 0 aliphatic carbocycles. The number of hydrogen-bond acceptors (Lipinski definition) is 12. The van der Waals surface area contributed by atoms with Crippen molar-refractivity contribution in [2.45, 2.75) is 196 Å². The molecule has 0 aromatic heterocycles. The first-order valence-corrected chi connectivity index (χ1v) is 29.1.